The molecule has 26 heavy (non-hydrogen) atoms. The lowest BCUT2D eigenvalue weighted by atomic mass is 9.94. The molecular weight excluding hydrogens is 347 g/mol. The fourth-order valence-electron chi connectivity index (χ4n) is 3.07. The Kier molecular flexibility index (Phi) is 5.78. The molecule has 140 valence electrons. The van der Waals surface area contributed by atoms with Crippen LogP contribution in [0.25, 0.3) is 10.8 Å². The van der Waals surface area contributed by atoms with Crippen molar-refractivity contribution in [2.24, 2.45) is 0 Å². The first-order chi connectivity index (χ1) is 12.4. The van der Waals surface area contributed by atoms with Crippen LogP contribution < -0.4 is 5.32 Å². The smallest absolute Gasteiger partial charge is 0.352 e. The number of alkyl halides is 3. The molecule has 7 heteroatoms. The molecule has 3 rings (SSSR count). The van der Waals surface area contributed by atoms with Crippen molar-refractivity contribution in [1.29, 1.82) is 0 Å². The average Bonchev–Trinajstić information content (AvgIpc) is 2.64. The third-order valence-corrected chi connectivity index (χ3v) is 4.39. The topological polar surface area (TPSA) is 47.6 Å². The van der Waals surface area contributed by atoms with E-state index in [4.69, 9.17) is 9.47 Å². The van der Waals surface area contributed by atoms with Gasteiger partial charge in [0.1, 0.15) is 0 Å². The van der Waals surface area contributed by atoms with Gasteiger partial charge in [-0.15, -0.1) is 0 Å². The van der Waals surface area contributed by atoms with E-state index in [2.05, 4.69) is 24.3 Å². The number of carbonyl (C=O) groups excluding carboxylic acids is 1. The van der Waals surface area contributed by atoms with Crippen molar-refractivity contribution in [2.75, 3.05) is 19.8 Å². The van der Waals surface area contributed by atoms with Gasteiger partial charge in [-0.2, -0.15) is 13.2 Å². The maximum absolute atomic E-state index is 12.1. The molecule has 0 aliphatic carbocycles. The summed E-state index contributed by atoms with van der Waals surface area (Å²) in [5, 5.41) is 4.17. The van der Waals surface area contributed by atoms with Crippen LogP contribution in [0.1, 0.15) is 24.3 Å². The molecule has 0 aromatic heterocycles. The summed E-state index contributed by atoms with van der Waals surface area (Å²) in [6.07, 6.45) is -4.51. The van der Waals surface area contributed by atoms with E-state index >= 15 is 0 Å². The van der Waals surface area contributed by atoms with Gasteiger partial charge in [0, 0.05) is 18.9 Å². The minimum atomic E-state index is -4.84. The zero-order valence-electron chi connectivity index (χ0n) is 14.1. The summed E-state index contributed by atoms with van der Waals surface area (Å²) in [6.45, 7) is 0.926. The summed E-state index contributed by atoms with van der Waals surface area (Å²) in [7, 11) is 0. The van der Waals surface area contributed by atoms with Crippen LogP contribution in [0.15, 0.2) is 42.5 Å². The molecule has 0 radical (unpaired) electrons. The number of carbonyl (C=O) groups is 1. The Hall–Kier alpha value is -2.12. The van der Waals surface area contributed by atoms with Crippen molar-refractivity contribution in [1.82, 2.24) is 5.32 Å². The number of ether oxygens (including phenoxy) is 2. The van der Waals surface area contributed by atoms with Gasteiger partial charge in [0.25, 0.3) is 0 Å². The predicted octanol–water partition coefficient (Wildman–Crippen LogP) is 3.76. The largest absolute Gasteiger partial charge is 0.471 e. The molecule has 0 saturated carbocycles. The zero-order valence-corrected chi connectivity index (χ0v) is 14.1. The quantitative estimate of drug-likeness (QED) is 0.819. The van der Waals surface area contributed by atoms with Crippen LogP contribution in [-0.2, 0) is 14.3 Å². The fourth-order valence-corrected chi connectivity index (χ4v) is 3.07. The Morgan fingerprint density at radius 1 is 1.08 bits per heavy atom. The van der Waals surface area contributed by atoms with E-state index in [9.17, 15) is 18.0 Å². The minimum Gasteiger partial charge on any atom is -0.352 e. The van der Waals surface area contributed by atoms with Gasteiger partial charge >= 0.3 is 12.1 Å². The highest BCUT2D eigenvalue weighted by atomic mass is 19.4. The number of hydrogen-bond acceptors (Lipinski definition) is 3. The number of hydrogen-bond donors (Lipinski definition) is 1. The number of benzene rings is 2. The Morgan fingerprint density at radius 2 is 1.77 bits per heavy atom. The molecule has 1 amide bonds. The summed E-state index contributed by atoms with van der Waals surface area (Å²) in [4.78, 5) is 10.7. The fraction of sp³-hybridized carbons (Fsp3) is 0.421. The summed E-state index contributed by atoms with van der Waals surface area (Å²) >= 11 is 0. The highest BCUT2D eigenvalue weighted by Gasteiger charge is 2.38. The number of amides is 1. The van der Waals surface area contributed by atoms with E-state index in [1.165, 1.54) is 10.9 Å². The molecular formula is C19H20F3NO3. The van der Waals surface area contributed by atoms with Crippen molar-refractivity contribution >= 4 is 16.7 Å². The van der Waals surface area contributed by atoms with E-state index in [0.717, 1.165) is 5.39 Å². The average molecular weight is 367 g/mol. The lowest BCUT2D eigenvalue weighted by molar-refractivity contribution is -0.190. The highest BCUT2D eigenvalue weighted by molar-refractivity contribution is 5.86. The van der Waals surface area contributed by atoms with Crippen molar-refractivity contribution in [2.45, 2.75) is 31.2 Å². The van der Waals surface area contributed by atoms with Crippen LogP contribution in [0.5, 0.6) is 0 Å². The number of fused-ring (bicyclic) bond motifs is 1. The third-order valence-electron chi connectivity index (χ3n) is 4.39. The number of halogens is 3. The van der Waals surface area contributed by atoms with Gasteiger partial charge in [-0.05, 0) is 22.8 Å². The van der Waals surface area contributed by atoms with Crippen molar-refractivity contribution < 1.29 is 27.4 Å². The van der Waals surface area contributed by atoms with Gasteiger partial charge < -0.3 is 14.8 Å². The second kappa shape index (κ2) is 8.05. The van der Waals surface area contributed by atoms with E-state index in [1.807, 2.05) is 23.5 Å². The van der Waals surface area contributed by atoms with Gasteiger partial charge in [-0.25, -0.2) is 0 Å². The van der Waals surface area contributed by atoms with Crippen LogP contribution in [0.2, 0.25) is 0 Å². The van der Waals surface area contributed by atoms with Crippen LogP contribution in [0.4, 0.5) is 13.2 Å². The maximum atomic E-state index is 12.1. The predicted molar refractivity (Wildman–Crippen MR) is 90.7 cm³/mol. The standard InChI is InChI=1S/C19H20F3NO3/c20-19(21,22)18(24)23-10-4-9-17-25-11-14(12-26-17)16-8-3-6-13-5-1-2-7-15(13)16/h1-3,5-8,14,17H,4,9-12H2,(H,23,24). The lowest BCUT2D eigenvalue weighted by Gasteiger charge is -2.30. The zero-order chi connectivity index (χ0) is 18.6. The first-order valence-electron chi connectivity index (χ1n) is 8.51. The SMILES string of the molecule is O=C(NCCCC1OCC(c2cccc3ccccc23)CO1)C(F)(F)F. The Labute approximate surface area is 149 Å². The molecule has 1 heterocycles. The second-order valence-electron chi connectivity index (χ2n) is 6.26. The summed E-state index contributed by atoms with van der Waals surface area (Å²) in [5.41, 5.74) is 1.17. The van der Waals surface area contributed by atoms with Crippen LogP contribution in [-0.4, -0.2) is 38.1 Å². The van der Waals surface area contributed by atoms with Crippen molar-refractivity contribution in [3.8, 4) is 0 Å². The molecule has 0 spiro atoms. The minimum absolute atomic E-state index is 0.0612. The van der Waals surface area contributed by atoms with Gasteiger partial charge in [0.15, 0.2) is 6.29 Å². The lowest BCUT2D eigenvalue weighted by Crippen LogP contribution is -2.38. The normalized spacial score (nSPS) is 20.9. The molecule has 1 fully saturated rings. The molecule has 2 aromatic carbocycles. The summed E-state index contributed by atoms with van der Waals surface area (Å²) in [6, 6.07) is 14.2. The molecule has 0 unspecified atom stereocenters. The molecule has 1 saturated heterocycles. The van der Waals surface area contributed by atoms with Crippen LogP contribution in [0, 0.1) is 0 Å². The molecule has 4 nitrogen and oxygen atoms in total. The number of rotatable bonds is 5. The van der Waals surface area contributed by atoms with Gasteiger partial charge in [-0.1, -0.05) is 42.5 Å². The van der Waals surface area contributed by atoms with Crippen LogP contribution >= 0.6 is 0 Å². The Morgan fingerprint density at radius 3 is 2.50 bits per heavy atom. The molecule has 0 atom stereocenters. The van der Waals surface area contributed by atoms with Gasteiger partial charge in [-0.3, -0.25) is 4.79 Å². The maximum Gasteiger partial charge on any atom is 0.471 e. The first-order valence-corrected chi connectivity index (χ1v) is 8.51. The van der Waals surface area contributed by atoms with E-state index in [1.54, 1.807) is 0 Å². The van der Waals surface area contributed by atoms with Crippen molar-refractivity contribution in [3.63, 3.8) is 0 Å². The first kappa shape index (κ1) is 18.7. The Bertz CT molecular complexity index is 750. The van der Waals surface area contributed by atoms with E-state index in [-0.39, 0.29) is 12.5 Å². The monoisotopic (exact) mass is 367 g/mol. The van der Waals surface area contributed by atoms with Crippen LogP contribution in [0.3, 0.4) is 0 Å². The summed E-state index contributed by atoms with van der Waals surface area (Å²) < 4.78 is 47.7. The second-order valence-corrected chi connectivity index (χ2v) is 6.26. The summed E-state index contributed by atoms with van der Waals surface area (Å²) in [5.74, 6) is -1.80. The molecule has 1 aliphatic rings. The Balaban J connectivity index is 1.47. The third kappa shape index (κ3) is 4.53. The van der Waals surface area contributed by atoms with Crippen molar-refractivity contribution in [3.05, 3.63) is 48.0 Å². The highest BCUT2D eigenvalue weighted by Crippen LogP contribution is 2.29. The van der Waals surface area contributed by atoms with E-state index in [0.29, 0.717) is 26.1 Å². The molecule has 1 N–H and O–H groups in total. The van der Waals surface area contributed by atoms with Gasteiger partial charge in [0.05, 0.1) is 13.2 Å². The molecule has 1 aliphatic heterocycles. The van der Waals surface area contributed by atoms with E-state index < -0.39 is 18.4 Å². The molecule has 2 aromatic rings. The molecule has 0 bridgehead atoms. The number of nitrogens with one attached hydrogen (secondary N) is 1. The van der Waals surface area contributed by atoms with Gasteiger partial charge in [0.2, 0.25) is 0 Å².